The summed E-state index contributed by atoms with van der Waals surface area (Å²) in [4.78, 5) is 45.0. The molecule has 6 rings (SSSR count). The second-order valence-electron chi connectivity index (χ2n) is 9.66. The number of alkyl halides is 1. The lowest BCUT2D eigenvalue weighted by molar-refractivity contribution is -0.0515. The number of imidazole rings is 2. The molecule has 0 aliphatic carbocycles. The van der Waals surface area contributed by atoms with Gasteiger partial charge in [-0.3, -0.25) is 37.3 Å². The number of thiol groups is 2. The van der Waals surface area contributed by atoms with Gasteiger partial charge >= 0.3 is 6.80 Å². The van der Waals surface area contributed by atoms with Gasteiger partial charge in [0.15, 0.2) is 41.0 Å². The molecule has 2 aliphatic rings. The minimum Gasteiger partial charge on any atom is -0.394 e. The van der Waals surface area contributed by atoms with Crippen LogP contribution in [0, 0.1) is 0 Å². The van der Waals surface area contributed by atoms with Crippen molar-refractivity contribution in [1.82, 2.24) is 39.0 Å². The standard InChI is InChI=1S/C20H24FN9O10P2S2/c21-10-13(39-41(34)43)9(38-19(10)29-5-25-11-14(29)23-4-24-16(11)32)3-36-42(35,44)40-8-1-7(2-31)37-18(8)30-6-26-12-15(30)27-20(22)28-17(12)33/h4-10,13,18-19,31,41H,1-3H2,(H,34,43)(H,35,44)(H,23,24,32)(H3,22,27,28,33)/t7-,8+,9+,10-,13+,18+,19+,42?/m0/s1. The van der Waals surface area contributed by atoms with Gasteiger partial charge in [0.25, 0.3) is 11.1 Å². The zero-order chi connectivity index (χ0) is 31.3. The molecule has 9 atom stereocenters. The molecule has 6 heterocycles. The van der Waals surface area contributed by atoms with Crippen molar-refractivity contribution in [1.29, 1.82) is 0 Å². The monoisotopic (exact) mass is 695 g/mol. The van der Waals surface area contributed by atoms with Crippen molar-refractivity contribution < 1.29 is 41.7 Å². The van der Waals surface area contributed by atoms with Gasteiger partial charge in [0, 0.05) is 6.42 Å². The van der Waals surface area contributed by atoms with Gasteiger partial charge in [-0.15, -0.1) is 0 Å². The lowest BCUT2D eigenvalue weighted by Crippen LogP contribution is -2.32. The van der Waals surface area contributed by atoms with Crippen molar-refractivity contribution in [2.24, 2.45) is 0 Å². The molecule has 4 aromatic rings. The minimum atomic E-state index is -4.29. The Labute approximate surface area is 255 Å². The quantitative estimate of drug-likeness (QED) is 0.0975. The molecule has 5 N–H and O–H groups in total. The van der Waals surface area contributed by atoms with E-state index in [-0.39, 0.29) is 34.7 Å². The van der Waals surface area contributed by atoms with Crippen LogP contribution in [0.25, 0.3) is 22.3 Å². The van der Waals surface area contributed by atoms with Gasteiger partial charge in [0.05, 0.1) is 38.3 Å². The number of hydrogen-bond donors (Lipinski definition) is 6. The molecule has 2 saturated heterocycles. The number of aromatic amines is 2. The summed E-state index contributed by atoms with van der Waals surface area (Å²) in [6.07, 6.45) is -5.63. The number of nitrogens with one attached hydrogen (secondary N) is 2. The number of halogens is 1. The SMILES string of the molecule is Nc1nc2c(ncn2[C@@H]2O[C@H](CO)C[C@H]2OP(=O)(S)OC[C@H]2O[C@@H](n3cnc4c(=O)[nH]cnc43)[C@@H](F)[C@@H]2O[PH](=O)S)c(=O)[nH]1. The Kier molecular flexibility index (Phi) is 8.74. The Morgan fingerprint density at radius 3 is 2.57 bits per heavy atom. The van der Waals surface area contributed by atoms with Crippen molar-refractivity contribution >= 4 is 66.8 Å². The number of H-pyrrole nitrogens is 2. The van der Waals surface area contributed by atoms with E-state index < -0.39 is 81.4 Å². The molecule has 2 aliphatic heterocycles. The maximum absolute atomic E-state index is 15.6. The fraction of sp³-hybridized carbons (Fsp3) is 0.500. The Balaban J connectivity index is 1.21. The maximum atomic E-state index is 15.6. The van der Waals surface area contributed by atoms with Crippen LogP contribution in [0.3, 0.4) is 0 Å². The van der Waals surface area contributed by atoms with Crippen molar-refractivity contribution in [3.05, 3.63) is 39.7 Å². The fourth-order valence-electron chi connectivity index (χ4n) is 5.03. The predicted molar refractivity (Wildman–Crippen MR) is 155 cm³/mol. The average molecular weight is 696 g/mol. The lowest BCUT2D eigenvalue weighted by atomic mass is 10.1. The summed E-state index contributed by atoms with van der Waals surface area (Å²) in [6, 6.07) is 0. The Morgan fingerprint density at radius 1 is 1.16 bits per heavy atom. The second kappa shape index (κ2) is 12.3. The molecular weight excluding hydrogens is 671 g/mol. The summed E-state index contributed by atoms with van der Waals surface area (Å²) >= 11 is 7.80. The number of fused-ring (bicyclic) bond motifs is 2. The zero-order valence-electron chi connectivity index (χ0n) is 22.0. The molecule has 2 unspecified atom stereocenters. The van der Waals surface area contributed by atoms with Gasteiger partial charge in [0.2, 0.25) is 13.2 Å². The van der Waals surface area contributed by atoms with Crippen LogP contribution in [0.1, 0.15) is 18.9 Å². The summed E-state index contributed by atoms with van der Waals surface area (Å²) in [5.41, 5.74) is 4.45. The van der Waals surface area contributed by atoms with E-state index in [1.165, 1.54) is 10.9 Å². The molecule has 0 radical (unpaired) electrons. The Hall–Kier alpha value is -2.65. The minimum absolute atomic E-state index is 0.0134. The molecule has 44 heavy (non-hydrogen) atoms. The number of nitrogen functional groups attached to an aromatic ring is 1. The highest BCUT2D eigenvalue weighted by molar-refractivity contribution is 8.44. The van der Waals surface area contributed by atoms with Crippen LogP contribution >= 0.6 is 38.5 Å². The van der Waals surface area contributed by atoms with E-state index in [9.17, 15) is 23.8 Å². The van der Waals surface area contributed by atoms with Gasteiger partial charge in [-0.05, 0) is 0 Å². The van der Waals surface area contributed by atoms with E-state index in [1.54, 1.807) is 0 Å². The largest absolute Gasteiger partial charge is 0.394 e. The fourth-order valence-corrected chi connectivity index (χ4v) is 7.40. The van der Waals surface area contributed by atoms with Gasteiger partial charge in [-0.1, -0.05) is 24.5 Å². The molecule has 0 spiro atoms. The van der Waals surface area contributed by atoms with Crippen molar-refractivity contribution in [2.45, 2.75) is 49.5 Å². The first kappa shape index (κ1) is 31.3. The third-order valence-electron chi connectivity index (χ3n) is 6.89. The molecule has 2 fully saturated rings. The van der Waals surface area contributed by atoms with Crippen LogP contribution in [-0.2, 0) is 32.2 Å². The second-order valence-corrected chi connectivity index (χ2v) is 14.4. The first-order valence-corrected chi connectivity index (χ1v) is 18.0. The molecule has 238 valence electrons. The van der Waals surface area contributed by atoms with E-state index in [0.29, 0.717) is 0 Å². The number of nitrogens with zero attached hydrogens (tertiary/aromatic N) is 6. The number of anilines is 1. The highest BCUT2D eigenvalue weighted by Gasteiger charge is 2.49. The summed E-state index contributed by atoms with van der Waals surface area (Å²) in [6.45, 7) is -5.33. The predicted octanol–water partition coefficient (Wildman–Crippen LogP) is 0.495. The van der Waals surface area contributed by atoms with Crippen molar-refractivity contribution in [3.63, 3.8) is 0 Å². The lowest BCUT2D eigenvalue weighted by Gasteiger charge is -2.24. The van der Waals surface area contributed by atoms with Gasteiger partial charge < -0.3 is 29.8 Å². The average Bonchev–Trinajstić information content (AvgIpc) is 3.73. The van der Waals surface area contributed by atoms with E-state index >= 15 is 4.39 Å². The van der Waals surface area contributed by atoms with Crippen LogP contribution in [0.2, 0.25) is 0 Å². The van der Waals surface area contributed by atoms with E-state index in [0.717, 1.165) is 17.2 Å². The molecule has 0 aromatic carbocycles. The summed E-state index contributed by atoms with van der Waals surface area (Å²) in [5, 5.41) is 9.72. The van der Waals surface area contributed by atoms with Crippen LogP contribution < -0.4 is 16.9 Å². The number of aliphatic hydroxyl groups excluding tert-OH is 1. The van der Waals surface area contributed by atoms with Crippen LogP contribution in [0.15, 0.2) is 28.6 Å². The molecule has 4 aromatic heterocycles. The third kappa shape index (κ3) is 5.98. The molecule has 0 saturated carbocycles. The summed E-state index contributed by atoms with van der Waals surface area (Å²) in [7, 11) is -2.99. The number of hydrogen-bond acceptors (Lipinski definition) is 15. The maximum Gasteiger partial charge on any atom is 0.386 e. The highest BCUT2D eigenvalue weighted by atomic mass is 32.7. The first-order valence-electron chi connectivity index (χ1n) is 12.7. The summed E-state index contributed by atoms with van der Waals surface area (Å²) in [5.74, 6) is -0.186. The number of rotatable bonds is 10. The smallest absolute Gasteiger partial charge is 0.386 e. The van der Waals surface area contributed by atoms with E-state index in [4.69, 9.17) is 28.8 Å². The van der Waals surface area contributed by atoms with Gasteiger partial charge in [-0.2, -0.15) is 4.98 Å². The van der Waals surface area contributed by atoms with Crippen LogP contribution in [-0.4, -0.2) is 87.9 Å². The molecule has 0 amide bonds. The first-order chi connectivity index (χ1) is 21.0. The number of aromatic nitrogens is 8. The third-order valence-corrected chi connectivity index (χ3v) is 9.32. The van der Waals surface area contributed by atoms with E-state index in [2.05, 4.69) is 54.4 Å². The summed E-state index contributed by atoms with van der Waals surface area (Å²) < 4.78 is 71.3. The van der Waals surface area contributed by atoms with Gasteiger partial charge in [-0.25, -0.2) is 23.9 Å². The number of nitrogens with two attached hydrogens (primary N) is 1. The van der Waals surface area contributed by atoms with Crippen molar-refractivity contribution in [3.8, 4) is 0 Å². The molecule has 0 bridgehead atoms. The van der Waals surface area contributed by atoms with Crippen LogP contribution in [0.4, 0.5) is 10.3 Å². The number of aliphatic hydroxyl groups is 1. The van der Waals surface area contributed by atoms with E-state index in [1.807, 2.05) is 0 Å². The highest BCUT2D eigenvalue weighted by Crippen LogP contribution is 2.57. The van der Waals surface area contributed by atoms with Crippen LogP contribution in [0.5, 0.6) is 0 Å². The molecule has 24 heteroatoms. The Bertz CT molecular complexity index is 1890. The number of ether oxygens (including phenoxy) is 2. The molecule has 19 nitrogen and oxygen atoms in total. The van der Waals surface area contributed by atoms with Crippen molar-refractivity contribution in [2.75, 3.05) is 18.9 Å². The molecular formula is C20H24FN9O10P2S2. The normalized spacial score (nSPS) is 29.4. The van der Waals surface area contributed by atoms with Gasteiger partial charge in [0.1, 0.15) is 18.3 Å². The Morgan fingerprint density at radius 2 is 1.86 bits per heavy atom. The topological polar surface area (TPSA) is 254 Å². The zero-order valence-corrected chi connectivity index (χ0v) is 25.7.